The van der Waals surface area contributed by atoms with Gasteiger partial charge < -0.3 is 9.64 Å². The van der Waals surface area contributed by atoms with Gasteiger partial charge in [0.05, 0.1) is 11.9 Å². The summed E-state index contributed by atoms with van der Waals surface area (Å²) in [6.07, 6.45) is -0.435. The van der Waals surface area contributed by atoms with Gasteiger partial charge in [-0.3, -0.25) is 4.79 Å². The number of hydrogen-bond acceptors (Lipinski definition) is 4. The largest absolute Gasteiger partial charge is 0.345 e. The molecule has 0 aromatic rings. The second-order valence-corrected chi connectivity index (χ2v) is 5.91. The molecule has 0 aliphatic carbocycles. The van der Waals surface area contributed by atoms with Crippen LogP contribution in [0.25, 0.3) is 0 Å². The molecule has 2 rings (SSSR count). The van der Waals surface area contributed by atoms with Crippen LogP contribution in [0, 0.1) is 0 Å². The van der Waals surface area contributed by atoms with Crippen molar-refractivity contribution in [3.63, 3.8) is 0 Å². The molecule has 2 aliphatic heterocycles. The molecule has 1 amide bonds. The summed E-state index contributed by atoms with van der Waals surface area (Å²) in [5.41, 5.74) is 0. The predicted octanol–water partition coefficient (Wildman–Crippen LogP) is -0.872. The third kappa shape index (κ3) is 2.90. The van der Waals surface area contributed by atoms with Crippen LogP contribution in [0.1, 0.15) is 6.42 Å². The molecule has 0 spiro atoms. The fraction of sp³-hybridized carbons (Fsp3) is 0.875. The van der Waals surface area contributed by atoms with Crippen molar-refractivity contribution in [3.8, 4) is 0 Å². The van der Waals surface area contributed by atoms with E-state index in [9.17, 15) is 22.0 Å². The molecular weight excluding hydrogens is 258 g/mol. The normalized spacial score (nSPS) is 28.4. The SMILES string of the molecule is O=C(C1CCS(=O)(=O)N1)N1CC(OC(F)F)C1. The summed E-state index contributed by atoms with van der Waals surface area (Å²) >= 11 is 0. The van der Waals surface area contributed by atoms with Gasteiger partial charge in [-0.1, -0.05) is 0 Å². The zero-order chi connectivity index (χ0) is 12.6. The van der Waals surface area contributed by atoms with Gasteiger partial charge >= 0.3 is 6.61 Å². The van der Waals surface area contributed by atoms with Crippen LogP contribution in [0.15, 0.2) is 0 Å². The predicted molar refractivity (Wildman–Crippen MR) is 52.8 cm³/mol. The number of rotatable bonds is 3. The van der Waals surface area contributed by atoms with Crippen molar-refractivity contribution in [2.24, 2.45) is 0 Å². The van der Waals surface area contributed by atoms with Crippen molar-refractivity contribution < 1.29 is 26.7 Å². The van der Waals surface area contributed by atoms with E-state index >= 15 is 0 Å². The van der Waals surface area contributed by atoms with E-state index in [1.54, 1.807) is 0 Å². The smallest absolute Gasteiger partial charge is 0.336 e. The number of nitrogens with zero attached hydrogens (tertiary/aromatic N) is 1. The maximum absolute atomic E-state index is 11.8. The Morgan fingerprint density at radius 3 is 2.53 bits per heavy atom. The molecule has 17 heavy (non-hydrogen) atoms. The van der Waals surface area contributed by atoms with E-state index in [-0.39, 0.29) is 31.2 Å². The van der Waals surface area contributed by atoms with Gasteiger partial charge in [0.2, 0.25) is 15.9 Å². The molecule has 6 nitrogen and oxygen atoms in total. The van der Waals surface area contributed by atoms with Crippen molar-refractivity contribution >= 4 is 15.9 Å². The van der Waals surface area contributed by atoms with Crippen LogP contribution in [0.3, 0.4) is 0 Å². The van der Waals surface area contributed by atoms with Gasteiger partial charge in [-0.05, 0) is 6.42 Å². The van der Waals surface area contributed by atoms with Gasteiger partial charge in [0, 0.05) is 13.1 Å². The number of alkyl halides is 2. The first-order valence-electron chi connectivity index (χ1n) is 5.10. The Labute approximate surface area is 97.0 Å². The Bertz CT molecular complexity index is 408. The quantitative estimate of drug-likeness (QED) is 0.723. The van der Waals surface area contributed by atoms with Crippen molar-refractivity contribution in [2.45, 2.75) is 25.2 Å². The first-order chi connectivity index (χ1) is 7.87. The molecular formula is C8H12F2N2O4S. The van der Waals surface area contributed by atoms with Crippen LogP contribution in [0.4, 0.5) is 8.78 Å². The van der Waals surface area contributed by atoms with Crippen LogP contribution in [0.2, 0.25) is 0 Å². The van der Waals surface area contributed by atoms with Crippen molar-refractivity contribution in [1.29, 1.82) is 0 Å². The Balaban J connectivity index is 1.80. The van der Waals surface area contributed by atoms with Gasteiger partial charge in [0.25, 0.3) is 0 Å². The van der Waals surface area contributed by atoms with Gasteiger partial charge in [-0.15, -0.1) is 0 Å². The van der Waals surface area contributed by atoms with E-state index in [4.69, 9.17) is 0 Å². The van der Waals surface area contributed by atoms with Gasteiger partial charge in [-0.25, -0.2) is 13.1 Å². The van der Waals surface area contributed by atoms with E-state index in [1.807, 2.05) is 0 Å². The van der Waals surface area contributed by atoms with Crippen LogP contribution in [0.5, 0.6) is 0 Å². The lowest BCUT2D eigenvalue weighted by Gasteiger charge is -2.39. The standard InChI is InChI=1S/C8H12F2N2O4S/c9-8(10)16-5-3-12(4-5)7(13)6-1-2-17(14,15)11-6/h5-6,8,11H,1-4H2. The molecule has 98 valence electrons. The minimum atomic E-state index is -3.34. The number of hydrogen-bond donors (Lipinski definition) is 1. The Morgan fingerprint density at radius 1 is 1.41 bits per heavy atom. The van der Waals surface area contributed by atoms with E-state index in [0.717, 1.165) is 0 Å². The van der Waals surface area contributed by atoms with Crippen molar-refractivity contribution in [2.75, 3.05) is 18.8 Å². The minimum Gasteiger partial charge on any atom is -0.336 e. The highest BCUT2D eigenvalue weighted by molar-refractivity contribution is 7.89. The lowest BCUT2D eigenvalue weighted by atomic mass is 10.1. The van der Waals surface area contributed by atoms with E-state index in [2.05, 4.69) is 9.46 Å². The number of carbonyl (C=O) groups excluding carboxylic acids is 1. The second-order valence-electron chi connectivity index (χ2n) is 4.04. The van der Waals surface area contributed by atoms with Crippen LogP contribution < -0.4 is 4.72 Å². The number of nitrogens with one attached hydrogen (secondary N) is 1. The topological polar surface area (TPSA) is 75.7 Å². The van der Waals surface area contributed by atoms with E-state index < -0.39 is 28.8 Å². The van der Waals surface area contributed by atoms with Gasteiger partial charge in [0.1, 0.15) is 6.04 Å². The summed E-state index contributed by atoms with van der Waals surface area (Å²) in [6.45, 7) is -2.68. The summed E-state index contributed by atoms with van der Waals surface area (Å²) in [6, 6.07) is -0.757. The lowest BCUT2D eigenvalue weighted by Crippen LogP contribution is -2.59. The highest BCUT2D eigenvalue weighted by atomic mass is 32.2. The highest BCUT2D eigenvalue weighted by Crippen LogP contribution is 2.18. The third-order valence-corrected chi connectivity index (χ3v) is 4.17. The molecule has 2 fully saturated rings. The van der Waals surface area contributed by atoms with E-state index in [1.165, 1.54) is 4.90 Å². The van der Waals surface area contributed by atoms with Crippen LogP contribution >= 0.6 is 0 Å². The number of ether oxygens (including phenoxy) is 1. The molecule has 1 N–H and O–H groups in total. The molecule has 9 heteroatoms. The molecule has 0 aromatic heterocycles. The summed E-state index contributed by atoms with van der Waals surface area (Å²) in [7, 11) is -3.34. The zero-order valence-corrected chi connectivity index (χ0v) is 9.62. The van der Waals surface area contributed by atoms with E-state index in [0.29, 0.717) is 0 Å². The molecule has 0 saturated carbocycles. The Kier molecular flexibility index (Phi) is 3.32. The summed E-state index contributed by atoms with van der Waals surface area (Å²) < 4.78 is 52.2. The molecule has 0 aromatic carbocycles. The highest BCUT2D eigenvalue weighted by Gasteiger charge is 2.40. The average Bonchev–Trinajstić information content (AvgIpc) is 2.50. The van der Waals surface area contributed by atoms with Crippen molar-refractivity contribution in [1.82, 2.24) is 9.62 Å². The Morgan fingerprint density at radius 2 is 2.06 bits per heavy atom. The lowest BCUT2D eigenvalue weighted by molar-refractivity contribution is -0.199. The van der Waals surface area contributed by atoms with Crippen molar-refractivity contribution in [3.05, 3.63) is 0 Å². The molecule has 2 heterocycles. The summed E-state index contributed by atoms with van der Waals surface area (Å²) in [5, 5.41) is 0. The average molecular weight is 270 g/mol. The zero-order valence-electron chi connectivity index (χ0n) is 8.80. The molecule has 0 radical (unpaired) electrons. The molecule has 0 bridgehead atoms. The number of amides is 1. The fourth-order valence-corrected chi connectivity index (χ4v) is 3.17. The first kappa shape index (κ1) is 12.7. The Hall–Kier alpha value is -0.800. The number of likely N-dealkylation sites (tertiary alicyclic amines) is 1. The number of carbonyl (C=O) groups is 1. The van der Waals surface area contributed by atoms with Gasteiger partial charge in [-0.2, -0.15) is 8.78 Å². The number of sulfonamides is 1. The summed E-state index contributed by atoms with van der Waals surface area (Å²) in [5.74, 6) is -0.450. The molecule has 2 saturated heterocycles. The van der Waals surface area contributed by atoms with Crippen LogP contribution in [-0.4, -0.2) is 56.8 Å². The van der Waals surface area contributed by atoms with Crippen LogP contribution in [-0.2, 0) is 19.6 Å². The third-order valence-electron chi connectivity index (χ3n) is 2.75. The second kappa shape index (κ2) is 4.46. The minimum absolute atomic E-state index is 0.0752. The monoisotopic (exact) mass is 270 g/mol. The first-order valence-corrected chi connectivity index (χ1v) is 6.75. The maximum Gasteiger partial charge on any atom is 0.345 e. The fourth-order valence-electron chi connectivity index (χ4n) is 1.85. The van der Waals surface area contributed by atoms with Gasteiger partial charge in [0.15, 0.2) is 0 Å². The molecule has 2 aliphatic rings. The molecule has 1 unspecified atom stereocenters. The number of halogens is 2. The molecule has 1 atom stereocenters. The summed E-state index contributed by atoms with van der Waals surface area (Å²) in [4.78, 5) is 13.0. The maximum atomic E-state index is 11.8.